The Morgan fingerprint density at radius 2 is 1.96 bits per heavy atom. The Morgan fingerprint density at radius 1 is 1.26 bits per heavy atom. The van der Waals surface area contributed by atoms with Crippen molar-refractivity contribution in [1.29, 1.82) is 0 Å². The van der Waals surface area contributed by atoms with Crippen molar-refractivity contribution in [2.75, 3.05) is 40.0 Å². The lowest BCUT2D eigenvalue weighted by atomic mass is 10.0. The molecule has 23 heavy (non-hydrogen) atoms. The molecule has 2 heterocycles. The minimum Gasteiger partial charge on any atom is -0.496 e. The van der Waals surface area contributed by atoms with Crippen LogP contribution in [0.15, 0.2) is 24.3 Å². The standard InChI is InChI=1S/C17H24N2O4/c1-21-15-5-3-2-4-14(15)6-9-18-16(20)19-10-7-17(8-11-19)22-12-13-23-17/h2-5H,6-13H2,1H3,(H,18,20). The lowest BCUT2D eigenvalue weighted by Crippen LogP contribution is -2.50. The highest BCUT2D eigenvalue weighted by Crippen LogP contribution is 2.31. The van der Waals surface area contributed by atoms with Crippen molar-refractivity contribution >= 4 is 6.03 Å². The van der Waals surface area contributed by atoms with Crippen LogP contribution < -0.4 is 10.1 Å². The minimum absolute atomic E-state index is 0.0206. The molecule has 0 atom stereocenters. The molecule has 0 aliphatic carbocycles. The Hall–Kier alpha value is -1.79. The second kappa shape index (κ2) is 7.19. The Bertz CT molecular complexity index is 533. The molecule has 2 amide bonds. The van der Waals surface area contributed by atoms with Crippen LogP contribution in [0.3, 0.4) is 0 Å². The first-order chi connectivity index (χ1) is 11.2. The van der Waals surface area contributed by atoms with E-state index in [1.54, 1.807) is 7.11 Å². The molecule has 0 bridgehead atoms. The topological polar surface area (TPSA) is 60.0 Å². The third-order valence-corrected chi connectivity index (χ3v) is 4.49. The molecule has 2 aliphatic heterocycles. The Kier molecular flexibility index (Phi) is 5.03. The number of rotatable bonds is 4. The van der Waals surface area contributed by atoms with Gasteiger partial charge in [-0.3, -0.25) is 0 Å². The molecule has 0 unspecified atom stereocenters. The largest absolute Gasteiger partial charge is 0.496 e. The Balaban J connectivity index is 1.43. The minimum atomic E-state index is -0.436. The number of benzene rings is 1. The molecule has 1 N–H and O–H groups in total. The van der Waals surface area contributed by atoms with Gasteiger partial charge in [0.15, 0.2) is 5.79 Å². The first kappa shape index (κ1) is 16.1. The fourth-order valence-electron chi connectivity index (χ4n) is 3.16. The number of nitrogens with one attached hydrogen (secondary N) is 1. The second-order valence-corrected chi connectivity index (χ2v) is 5.89. The van der Waals surface area contributed by atoms with Gasteiger partial charge in [0.05, 0.1) is 20.3 Å². The molecule has 2 saturated heterocycles. The number of para-hydroxylation sites is 1. The second-order valence-electron chi connectivity index (χ2n) is 5.89. The lowest BCUT2D eigenvalue weighted by Gasteiger charge is -2.37. The summed E-state index contributed by atoms with van der Waals surface area (Å²) in [5, 5.41) is 2.98. The fourth-order valence-corrected chi connectivity index (χ4v) is 3.16. The van der Waals surface area contributed by atoms with Gasteiger partial charge in [0.2, 0.25) is 0 Å². The monoisotopic (exact) mass is 320 g/mol. The summed E-state index contributed by atoms with van der Waals surface area (Å²) >= 11 is 0. The first-order valence-corrected chi connectivity index (χ1v) is 8.15. The maximum absolute atomic E-state index is 12.2. The van der Waals surface area contributed by atoms with E-state index < -0.39 is 5.79 Å². The average molecular weight is 320 g/mol. The number of ether oxygens (including phenoxy) is 3. The van der Waals surface area contributed by atoms with Crippen LogP contribution in [0.4, 0.5) is 4.79 Å². The molecular weight excluding hydrogens is 296 g/mol. The van der Waals surface area contributed by atoms with E-state index in [9.17, 15) is 4.79 Å². The van der Waals surface area contributed by atoms with Gasteiger partial charge >= 0.3 is 6.03 Å². The Morgan fingerprint density at radius 3 is 2.65 bits per heavy atom. The van der Waals surface area contributed by atoms with Crippen molar-refractivity contribution in [3.63, 3.8) is 0 Å². The molecule has 6 heteroatoms. The molecule has 1 aromatic carbocycles. The number of carbonyl (C=O) groups excluding carboxylic acids is 1. The summed E-state index contributed by atoms with van der Waals surface area (Å²) < 4.78 is 16.7. The zero-order valence-corrected chi connectivity index (χ0v) is 13.5. The van der Waals surface area contributed by atoms with E-state index in [4.69, 9.17) is 14.2 Å². The molecule has 2 aliphatic rings. The summed E-state index contributed by atoms with van der Waals surface area (Å²) in [7, 11) is 1.66. The molecule has 0 radical (unpaired) electrons. The van der Waals surface area contributed by atoms with E-state index in [1.807, 2.05) is 29.2 Å². The highest BCUT2D eigenvalue weighted by molar-refractivity contribution is 5.74. The van der Waals surface area contributed by atoms with Gasteiger partial charge in [0.25, 0.3) is 0 Å². The number of methoxy groups -OCH3 is 1. The zero-order valence-electron chi connectivity index (χ0n) is 13.5. The number of nitrogens with zero attached hydrogens (tertiary/aromatic N) is 1. The molecular formula is C17H24N2O4. The summed E-state index contributed by atoms with van der Waals surface area (Å²) in [5.41, 5.74) is 1.10. The van der Waals surface area contributed by atoms with Gasteiger partial charge in [-0.1, -0.05) is 18.2 Å². The number of carbonyl (C=O) groups is 1. The van der Waals surface area contributed by atoms with Crippen LogP contribution in [-0.4, -0.2) is 56.7 Å². The molecule has 1 aromatic rings. The maximum Gasteiger partial charge on any atom is 0.317 e. The van der Waals surface area contributed by atoms with Crippen molar-refractivity contribution in [3.8, 4) is 5.75 Å². The van der Waals surface area contributed by atoms with Crippen LogP contribution in [0.1, 0.15) is 18.4 Å². The third-order valence-electron chi connectivity index (χ3n) is 4.49. The van der Waals surface area contributed by atoms with E-state index in [-0.39, 0.29) is 6.03 Å². The van der Waals surface area contributed by atoms with Crippen molar-refractivity contribution in [2.45, 2.75) is 25.0 Å². The summed E-state index contributed by atoms with van der Waals surface area (Å²) in [4.78, 5) is 14.1. The summed E-state index contributed by atoms with van der Waals surface area (Å²) in [6.45, 7) is 3.24. The fraction of sp³-hybridized carbons (Fsp3) is 0.588. The predicted octanol–water partition coefficient (Wildman–Crippen LogP) is 1.79. The highest BCUT2D eigenvalue weighted by Gasteiger charge is 2.40. The first-order valence-electron chi connectivity index (χ1n) is 8.15. The molecule has 6 nitrogen and oxygen atoms in total. The summed E-state index contributed by atoms with van der Waals surface area (Å²) in [6.07, 6.45) is 2.24. The lowest BCUT2D eigenvalue weighted by molar-refractivity contribution is -0.181. The summed E-state index contributed by atoms with van der Waals surface area (Å²) in [5.74, 6) is 0.422. The number of hydrogen-bond acceptors (Lipinski definition) is 4. The van der Waals surface area contributed by atoms with E-state index in [0.29, 0.717) is 32.8 Å². The number of amides is 2. The Labute approximate surface area is 136 Å². The van der Waals surface area contributed by atoms with Crippen molar-refractivity contribution in [1.82, 2.24) is 10.2 Å². The SMILES string of the molecule is COc1ccccc1CCNC(=O)N1CCC2(CC1)OCCO2. The number of piperidine rings is 1. The van der Waals surface area contributed by atoms with Gasteiger partial charge in [-0.2, -0.15) is 0 Å². The van der Waals surface area contributed by atoms with Gasteiger partial charge in [-0.05, 0) is 18.1 Å². The molecule has 1 spiro atoms. The maximum atomic E-state index is 12.2. The van der Waals surface area contributed by atoms with Crippen LogP contribution in [0.2, 0.25) is 0 Å². The molecule has 0 aromatic heterocycles. The normalized spacial score (nSPS) is 19.8. The van der Waals surface area contributed by atoms with Gasteiger partial charge in [0.1, 0.15) is 5.75 Å². The molecule has 2 fully saturated rings. The van der Waals surface area contributed by atoms with Crippen LogP contribution in [0.5, 0.6) is 5.75 Å². The average Bonchev–Trinajstić information content (AvgIpc) is 3.04. The van der Waals surface area contributed by atoms with Crippen LogP contribution >= 0.6 is 0 Å². The van der Waals surface area contributed by atoms with Gasteiger partial charge < -0.3 is 24.4 Å². The highest BCUT2D eigenvalue weighted by atomic mass is 16.7. The third kappa shape index (κ3) is 3.76. The van der Waals surface area contributed by atoms with E-state index in [1.165, 1.54) is 0 Å². The summed E-state index contributed by atoms with van der Waals surface area (Å²) in [6, 6.07) is 7.85. The van der Waals surface area contributed by atoms with Crippen molar-refractivity contribution < 1.29 is 19.0 Å². The number of urea groups is 1. The van der Waals surface area contributed by atoms with Gasteiger partial charge in [0, 0.05) is 32.5 Å². The zero-order chi connectivity index (χ0) is 16.1. The molecule has 0 saturated carbocycles. The van der Waals surface area contributed by atoms with Crippen LogP contribution in [0, 0.1) is 0 Å². The smallest absolute Gasteiger partial charge is 0.317 e. The van der Waals surface area contributed by atoms with E-state index in [2.05, 4.69) is 5.32 Å². The predicted molar refractivity (Wildman–Crippen MR) is 85.5 cm³/mol. The number of likely N-dealkylation sites (tertiary alicyclic amines) is 1. The van der Waals surface area contributed by atoms with Gasteiger partial charge in [-0.25, -0.2) is 4.79 Å². The van der Waals surface area contributed by atoms with Crippen LogP contribution in [-0.2, 0) is 15.9 Å². The van der Waals surface area contributed by atoms with Gasteiger partial charge in [-0.15, -0.1) is 0 Å². The quantitative estimate of drug-likeness (QED) is 0.919. The number of hydrogen-bond donors (Lipinski definition) is 1. The van der Waals surface area contributed by atoms with Crippen molar-refractivity contribution in [2.24, 2.45) is 0 Å². The molecule has 126 valence electrons. The van der Waals surface area contributed by atoms with Crippen molar-refractivity contribution in [3.05, 3.63) is 29.8 Å². The molecule has 3 rings (SSSR count). The van der Waals surface area contributed by atoms with Crippen LogP contribution in [0.25, 0.3) is 0 Å². The van der Waals surface area contributed by atoms with E-state index >= 15 is 0 Å². The van der Waals surface area contributed by atoms with E-state index in [0.717, 1.165) is 30.6 Å².